The van der Waals surface area contributed by atoms with Gasteiger partial charge in [-0.05, 0) is 58.7 Å². The molecule has 0 saturated heterocycles. The van der Waals surface area contributed by atoms with Crippen LogP contribution in [0, 0.1) is 5.41 Å². The van der Waals surface area contributed by atoms with Crippen molar-refractivity contribution in [2.75, 3.05) is 0 Å². The minimum absolute atomic E-state index is 0.375. The van der Waals surface area contributed by atoms with Crippen molar-refractivity contribution >= 4 is 15.9 Å². The van der Waals surface area contributed by atoms with Gasteiger partial charge in [-0.1, -0.05) is 20.3 Å². The van der Waals surface area contributed by atoms with Gasteiger partial charge in [-0.25, -0.2) is 0 Å². The maximum atomic E-state index is 10.8. The fraction of sp³-hybridized carbons (Fsp3) is 0.667. The lowest BCUT2D eigenvalue weighted by Crippen LogP contribution is -2.31. The molecule has 3 heteroatoms. The molecule has 1 fully saturated rings. The van der Waals surface area contributed by atoms with Crippen molar-refractivity contribution in [1.29, 1.82) is 0 Å². The highest BCUT2D eigenvalue weighted by Gasteiger charge is 2.33. The van der Waals surface area contributed by atoms with Gasteiger partial charge in [-0.3, -0.25) is 4.98 Å². The molecule has 1 N–H and O–H groups in total. The second-order valence-corrected chi connectivity index (χ2v) is 7.35. The van der Waals surface area contributed by atoms with E-state index in [0.29, 0.717) is 5.41 Å². The number of nitrogens with zero attached hydrogens (tertiary/aromatic N) is 1. The predicted octanol–water partition coefficient (Wildman–Crippen LogP) is 4.11. The van der Waals surface area contributed by atoms with Gasteiger partial charge in [0.25, 0.3) is 0 Å². The molecule has 0 aliphatic heterocycles. The number of aromatic nitrogens is 1. The Morgan fingerprint density at radius 3 is 2.72 bits per heavy atom. The van der Waals surface area contributed by atoms with Crippen LogP contribution in [-0.4, -0.2) is 15.7 Å². The van der Waals surface area contributed by atoms with Gasteiger partial charge in [0.1, 0.15) is 0 Å². The minimum Gasteiger partial charge on any atom is -0.390 e. The lowest BCUT2D eigenvalue weighted by atomic mass is 9.83. The molecule has 0 aromatic carbocycles. The van der Waals surface area contributed by atoms with Gasteiger partial charge in [0.05, 0.1) is 5.60 Å². The molecule has 1 heterocycles. The first-order valence-electron chi connectivity index (χ1n) is 6.71. The van der Waals surface area contributed by atoms with Gasteiger partial charge in [0.15, 0.2) is 0 Å². The molecule has 0 amide bonds. The van der Waals surface area contributed by atoms with Crippen LogP contribution in [0.2, 0.25) is 0 Å². The minimum atomic E-state index is -0.545. The Kier molecular flexibility index (Phi) is 4.12. The summed E-state index contributed by atoms with van der Waals surface area (Å²) in [5.41, 5.74) is 0.947. The normalized spacial score (nSPS) is 27.8. The Morgan fingerprint density at radius 2 is 2.00 bits per heavy atom. The molecule has 1 aromatic rings. The van der Waals surface area contributed by atoms with Crippen LogP contribution in [0.15, 0.2) is 22.9 Å². The van der Waals surface area contributed by atoms with Crippen LogP contribution in [0.4, 0.5) is 0 Å². The molecule has 1 aromatic heterocycles. The summed E-state index contributed by atoms with van der Waals surface area (Å²) in [6.45, 7) is 4.61. The molecule has 0 radical (unpaired) electrons. The van der Waals surface area contributed by atoms with E-state index in [4.69, 9.17) is 0 Å². The summed E-state index contributed by atoms with van der Waals surface area (Å²) in [6, 6.07) is 2.06. The quantitative estimate of drug-likeness (QED) is 0.834. The number of halogens is 1. The molecule has 18 heavy (non-hydrogen) atoms. The van der Waals surface area contributed by atoms with Crippen LogP contribution in [0.1, 0.15) is 51.5 Å². The highest BCUT2D eigenvalue weighted by atomic mass is 79.9. The molecular weight excluding hydrogens is 290 g/mol. The highest BCUT2D eigenvalue weighted by Crippen LogP contribution is 2.39. The lowest BCUT2D eigenvalue weighted by molar-refractivity contribution is 0.0225. The number of pyridine rings is 1. The van der Waals surface area contributed by atoms with Crippen molar-refractivity contribution in [3.05, 3.63) is 28.5 Å². The van der Waals surface area contributed by atoms with E-state index in [1.807, 2.05) is 6.20 Å². The molecule has 2 rings (SSSR count). The maximum Gasteiger partial charge on any atom is 0.0688 e. The first kappa shape index (κ1) is 14.0. The molecule has 1 aliphatic rings. The third-order valence-electron chi connectivity index (χ3n) is 4.06. The Morgan fingerprint density at radius 1 is 1.22 bits per heavy atom. The van der Waals surface area contributed by atoms with Gasteiger partial charge in [-0.2, -0.15) is 0 Å². The van der Waals surface area contributed by atoms with Crippen LogP contribution in [-0.2, 0) is 6.42 Å². The van der Waals surface area contributed by atoms with E-state index in [0.717, 1.165) is 42.1 Å². The van der Waals surface area contributed by atoms with Crippen LogP contribution in [0.25, 0.3) is 0 Å². The van der Waals surface area contributed by atoms with Crippen molar-refractivity contribution in [3.63, 3.8) is 0 Å². The molecule has 0 bridgehead atoms. The zero-order chi connectivity index (χ0) is 13.2. The third kappa shape index (κ3) is 3.79. The Hall–Kier alpha value is -0.410. The molecule has 1 atom stereocenters. The third-order valence-corrected chi connectivity index (χ3v) is 4.49. The smallest absolute Gasteiger partial charge is 0.0688 e. The van der Waals surface area contributed by atoms with Crippen molar-refractivity contribution in [2.24, 2.45) is 5.41 Å². The van der Waals surface area contributed by atoms with E-state index < -0.39 is 5.60 Å². The van der Waals surface area contributed by atoms with Crippen LogP contribution in [0.5, 0.6) is 0 Å². The Bertz CT molecular complexity index is 419. The van der Waals surface area contributed by atoms with Gasteiger partial charge in [0, 0.05) is 23.3 Å². The summed E-state index contributed by atoms with van der Waals surface area (Å²) in [4.78, 5) is 4.17. The highest BCUT2D eigenvalue weighted by molar-refractivity contribution is 9.10. The summed E-state index contributed by atoms with van der Waals surface area (Å²) < 4.78 is 0.984. The number of hydrogen-bond acceptors (Lipinski definition) is 2. The van der Waals surface area contributed by atoms with E-state index in [1.165, 1.54) is 6.42 Å². The van der Waals surface area contributed by atoms with Crippen LogP contribution in [0.3, 0.4) is 0 Å². The van der Waals surface area contributed by atoms with Gasteiger partial charge in [0.2, 0.25) is 0 Å². The van der Waals surface area contributed by atoms with E-state index in [-0.39, 0.29) is 0 Å². The summed E-state index contributed by atoms with van der Waals surface area (Å²) in [5, 5.41) is 10.8. The van der Waals surface area contributed by atoms with Crippen molar-refractivity contribution in [1.82, 2.24) is 4.98 Å². The number of hydrogen-bond donors (Lipinski definition) is 1. The summed E-state index contributed by atoms with van der Waals surface area (Å²) >= 11 is 3.43. The van der Waals surface area contributed by atoms with Gasteiger partial charge >= 0.3 is 0 Å². The molecule has 1 saturated carbocycles. The first-order chi connectivity index (χ1) is 8.39. The Labute approximate surface area is 118 Å². The summed E-state index contributed by atoms with van der Waals surface area (Å²) in [7, 11) is 0. The molecule has 2 nitrogen and oxygen atoms in total. The molecule has 100 valence electrons. The predicted molar refractivity (Wildman–Crippen MR) is 77.5 cm³/mol. The van der Waals surface area contributed by atoms with E-state index in [9.17, 15) is 5.11 Å². The van der Waals surface area contributed by atoms with E-state index in [1.54, 1.807) is 6.20 Å². The summed E-state index contributed by atoms with van der Waals surface area (Å²) in [5.74, 6) is 0. The molecule has 1 aliphatic carbocycles. The Balaban J connectivity index is 2.07. The monoisotopic (exact) mass is 311 g/mol. The fourth-order valence-corrected chi connectivity index (χ4v) is 3.24. The second kappa shape index (κ2) is 5.30. The fourth-order valence-electron chi connectivity index (χ4n) is 2.83. The zero-order valence-electron chi connectivity index (χ0n) is 11.2. The average molecular weight is 312 g/mol. The van der Waals surface area contributed by atoms with Gasteiger partial charge < -0.3 is 5.11 Å². The SMILES string of the molecule is CC1(C)CCCC(O)(Cc2cncc(Br)c2)CC1. The zero-order valence-corrected chi connectivity index (χ0v) is 12.8. The van der Waals surface area contributed by atoms with Crippen molar-refractivity contribution in [3.8, 4) is 0 Å². The maximum absolute atomic E-state index is 10.8. The number of aliphatic hydroxyl groups is 1. The topological polar surface area (TPSA) is 33.1 Å². The average Bonchev–Trinajstić information content (AvgIpc) is 2.38. The van der Waals surface area contributed by atoms with Crippen LogP contribution < -0.4 is 0 Å². The largest absolute Gasteiger partial charge is 0.390 e. The van der Waals surface area contributed by atoms with Gasteiger partial charge in [-0.15, -0.1) is 0 Å². The summed E-state index contributed by atoms with van der Waals surface area (Å²) in [6.07, 6.45) is 9.59. The second-order valence-electron chi connectivity index (χ2n) is 6.43. The van der Waals surface area contributed by atoms with Crippen LogP contribution >= 0.6 is 15.9 Å². The van der Waals surface area contributed by atoms with E-state index in [2.05, 4.69) is 40.8 Å². The van der Waals surface area contributed by atoms with Crippen molar-refractivity contribution in [2.45, 2.75) is 58.0 Å². The lowest BCUT2D eigenvalue weighted by Gasteiger charge is -2.28. The molecule has 1 unspecified atom stereocenters. The standard InChI is InChI=1S/C15H22BrNO/c1-14(2)4-3-5-15(18,7-6-14)9-12-8-13(16)11-17-10-12/h8,10-11,18H,3-7,9H2,1-2H3. The first-order valence-corrected chi connectivity index (χ1v) is 7.50. The van der Waals surface area contributed by atoms with Crippen molar-refractivity contribution < 1.29 is 5.11 Å². The molecular formula is C15H22BrNO. The number of rotatable bonds is 2. The molecule has 0 spiro atoms. The van der Waals surface area contributed by atoms with E-state index >= 15 is 0 Å².